The van der Waals surface area contributed by atoms with Crippen LogP contribution in [-0.2, 0) is 13.0 Å². The van der Waals surface area contributed by atoms with Gasteiger partial charge in [-0.05, 0) is 68.4 Å². The molecule has 0 atom stereocenters. The van der Waals surface area contributed by atoms with Gasteiger partial charge in [0.25, 0.3) is 0 Å². The lowest BCUT2D eigenvalue weighted by Gasteiger charge is -2.14. The van der Waals surface area contributed by atoms with Gasteiger partial charge in [0.1, 0.15) is 10.6 Å². The van der Waals surface area contributed by atoms with Crippen LogP contribution in [0.25, 0.3) is 28.0 Å². The molecule has 0 unspecified atom stereocenters. The maximum Gasteiger partial charge on any atom is 0.128 e. The van der Waals surface area contributed by atoms with E-state index < -0.39 is 0 Å². The second-order valence-electron chi connectivity index (χ2n) is 9.95. The molecule has 3 nitrogen and oxygen atoms in total. The van der Waals surface area contributed by atoms with Crippen LogP contribution in [0.4, 0.5) is 5.69 Å². The molecule has 0 radical (unpaired) electrons. The Hall–Kier alpha value is -3.63. The number of hydrogen-bond donors (Lipinski definition) is 1. The van der Waals surface area contributed by atoms with E-state index in [1.165, 1.54) is 63.1 Å². The molecule has 0 saturated heterocycles. The molecule has 0 spiro atoms. The molecule has 0 fully saturated rings. The van der Waals surface area contributed by atoms with Gasteiger partial charge in [-0.15, -0.1) is 0 Å². The Bertz CT molecular complexity index is 1590. The van der Waals surface area contributed by atoms with E-state index in [1.54, 1.807) is 0 Å². The minimum atomic E-state index is 0.761. The number of rotatable bonds is 4. The third kappa shape index (κ3) is 3.77. The largest absolute Gasteiger partial charge is 0.345 e. The Morgan fingerprint density at radius 2 is 1.61 bits per heavy atom. The lowest BCUT2D eigenvalue weighted by Crippen LogP contribution is -2.15. The fraction of sp³-hybridized carbons (Fsp3) is 0.219. The summed E-state index contributed by atoms with van der Waals surface area (Å²) < 4.78 is 4.88. The predicted octanol–water partition coefficient (Wildman–Crippen LogP) is 8.12. The highest BCUT2D eigenvalue weighted by atomic mass is 32.1. The van der Waals surface area contributed by atoms with Crippen molar-refractivity contribution in [2.24, 2.45) is 0 Å². The first-order valence-electron chi connectivity index (χ1n) is 12.8. The van der Waals surface area contributed by atoms with E-state index >= 15 is 0 Å². The summed E-state index contributed by atoms with van der Waals surface area (Å²) in [6.07, 6.45) is 5.70. The smallest absolute Gasteiger partial charge is 0.128 e. The summed E-state index contributed by atoms with van der Waals surface area (Å²) in [4.78, 5) is 0.761. The minimum Gasteiger partial charge on any atom is -0.345 e. The fourth-order valence-corrected chi connectivity index (χ4v) is 5.86. The van der Waals surface area contributed by atoms with Crippen LogP contribution in [0.15, 0.2) is 79.0 Å². The second kappa shape index (κ2) is 9.11. The molecule has 1 aliphatic heterocycles. The average molecular weight is 490 g/mol. The van der Waals surface area contributed by atoms with Gasteiger partial charge in [0.15, 0.2) is 0 Å². The molecule has 0 aliphatic carbocycles. The molecule has 0 bridgehead atoms. The molecule has 2 aromatic heterocycles. The second-order valence-corrected chi connectivity index (χ2v) is 10.4. The first-order chi connectivity index (χ1) is 17.5. The molecule has 3 aromatic carbocycles. The lowest BCUT2D eigenvalue weighted by molar-refractivity contribution is 0.647. The summed E-state index contributed by atoms with van der Waals surface area (Å²) in [6.45, 7) is 7.46. The molecule has 1 aliphatic rings. The summed E-state index contributed by atoms with van der Waals surface area (Å²) >= 11 is 6.18. The predicted molar refractivity (Wildman–Crippen MR) is 155 cm³/mol. The Morgan fingerprint density at radius 3 is 2.39 bits per heavy atom. The molecule has 0 amide bonds. The minimum absolute atomic E-state index is 0.761. The first-order valence-corrected chi connectivity index (χ1v) is 13.2. The van der Waals surface area contributed by atoms with Crippen molar-refractivity contribution in [1.82, 2.24) is 8.97 Å². The van der Waals surface area contributed by atoms with Gasteiger partial charge >= 0.3 is 0 Å². The Morgan fingerprint density at radius 1 is 0.833 bits per heavy atom. The number of thiocarbonyl (C=S) groups is 1. The van der Waals surface area contributed by atoms with Crippen LogP contribution in [0.1, 0.15) is 40.8 Å². The van der Waals surface area contributed by atoms with Crippen molar-refractivity contribution in [2.75, 3.05) is 5.32 Å². The van der Waals surface area contributed by atoms with Crippen LogP contribution in [0.5, 0.6) is 0 Å². The zero-order valence-corrected chi connectivity index (χ0v) is 22.0. The van der Waals surface area contributed by atoms with Crippen molar-refractivity contribution in [1.29, 1.82) is 0 Å². The lowest BCUT2D eigenvalue weighted by atomic mass is 9.98. The van der Waals surface area contributed by atoms with Crippen molar-refractivity contribution in [3.05, 3.63) is 107 Å². The summed E-state index contributed by atoms with van der Waals surface area (Å²) in [5, 5.41) is 3.62. The monoisotopic (exact) mass is 489 g/mol. The molecular weight excluding hydrogens is 458 g/mol. The molecule has 6 rings (SSSR count). The fourth-order valence-electron chi connectivity index (χ4n) is 5.55. The van der Waals surface area contributed by atoms with Crippen LogP contribution >= 0.6 is 12.2 Å². The van der Waals surface area contributed by atoms with Gasteiger partial charge in [0.05, 0.1) is 11.4 Å². The van der Waals surface area contributed by atoms with E-state index in [-0.39, 0.29) is 0 Å². The third-order valence-electron chi connectivity index (χ3n) is 7.61. The molecule has 4 heteroatoms. The number of hydrogen-bond acceptors (Lipinski definition) is 1. The summed E-state index contributed by atoms with van der Waals surface area (Å²) in [5.41, 5.74) is 13.6. The van der Waals surface area contributed by atoms with Crippen LogP contribution in [0.3, 0.4) is 0 Å². The van der Waals surface area contributed by atoms with E-state index in [1.807, 2.05) is 0 Å². The van der Waals surface area contributed by atoms with Gasteiger partial charge in [-0.1, -0.05) is 84.5 Å². The summed E-state index contributed by atoms with van der Waals surface area (Å²) in [6, 6.07) is 26.0. The normalized spacial score (nSPS) is 13.1. The Kier molecular flexibility index (Phi) is 5.77. The molecule has 180 valence electrons. The van der Waals surface area contributed by atoms with Crippen molar-refractivity contribution in [2.45, 2.75) is 46.6 Å². The molecule has 3 heterocycles. The van der Waals surface area contributed by atoms with E-state index in [0.717, 1.165) is 29.3 Å². The van der Waals surface area contributed by atoms with Crippen LogP contribution in [0.2, 0.25) is 0 Å². The van der Waals surface area contributed by atoms with Gasteiger partial charge < -0.3 is 9.88 Å². The summed E-state index contributed by atoms with van der Waals surface area (Å²) in [5.74, 6) is 0. The number of imidazole rings is 1. The van der Waals surface area contributed by atoms with E-state index in [0.29, 0.717) is 0 Å². The average Bonchev–Trinajstić information content (AvgIpc) is 3.30. The van der Waals surface area contributed by atoms with Crippen LogP contribution in [-0.4, -0.2) is 14.0 Å². The zero-order chi connectivity index (χ0) is 24.8. The van der Waals surface area contributed by atoms with Crippen molar-refractivity contribution >= 4 is 28.5 Å². The van der Waals surface area contributed by atoms with Crippen LogP contribution in [0, 0.1) is 20.8 Å². The Labute approximate surface area is 218 Å². The number of nitrogens with zero attached hydrogens (tertiary/aromatic N) is 2. The molecule has 0 saturated carbocycles. The quantitative estimate of drug-likeness (QED) is 0.257. The van der Waals surface area contributed by atoms with Gasteiger partial charge in [-0.25, -0.2) is 0 Å². The Balaban J connectivity index is 1.61. The highest BCUT2D eigenvalue weighted by Gasteiger charge is 2.28. The van der Waals surface area contributed by atoms with Gasteiger partial charge in [0, 0.05) is 29.6 Å². The number of aryl methyl sites for hydroxylation is 4. The van der Waals surface area contributed by atoms with E-state index in [2.05, 4.69) is 114 Å². The van der Waals surface area contributed by atoms with Crippen LogP contribution < -0.4 is 5.32 Å². The maximum absolute atomic E-state index is 6.18. The highest BCUT2D eigenvalue weighted by molar-refractivity contribution is 7.81. The number of benzene rings is 3. The van der Waals surface area contributed by atoms with Gasteiger partial charge in [-0.2, -0.15) is 0 Å². The zero-order valence-electron chi connectivity index (χ0n) is 21.1. The van der Waals surface area contributed by atoms with Crippen molar-refractivity contribution < 1.29 is 0 Å². The van der Waals surface area contributed by atoms with E-state index in [4.69, 9.17) is 12.2 Å². The van der Waals surface area contributed by atoms with Crippen molar-refractivity contribution in [3.8, 4) is 22.4 Å². The van der Waals surface area contributed by atoms with E-state index in [9.17, 15) is 0 Å². The number of nitrogens with one attached hydrogen (secondary N) is 1. The number of aromatic nitrogens is 2. The maximum atomic E-state index is 6.18. The molecule has 36 heavy (non-hydrogen) atoms. The van der Waals surface area contributed by atoms with Crippen molar-refractivity contribution in [3.63, 3.8) is 0 Å². The third-order valence-corrected chi connectivity index (χ3v) is 7.91. The molecule has 1 N–H and O–H groups in total. The standard InChI is InChI=1S/C32H31N3S/c1-21-15-17-24(18-16-21)28-20-35-30(31(36)33-27-14-9-10-22(2)23(27)3)29(25-11-5-4-6-12-25)26-13-7-8-19-34(28)32(26)35/h4-6,9-12,14-18,20H,7-8,13,19H2,1-3H3,(H,33,36). The molecular formula is C32H31N3S. The highest BCUT2D eigenvalue weighted by Crippen LogP contribution is 2.40. The SMILES string of the molecule is Cc1ccc(-c2cn3c(C(=S)Nc4cccc(C)c4C)c(-c4ccccc4)c4c3n2CCCC4)cc1. The molecule has 5 aromatic rings. The topological polar surface area (TPSA) is 21.4 Å². The van der Waals surface area contributed by atoms with Gasteiger partial charge in [0.2, 0.25) is 0 Å². The first kappa shape index (κ1) is 22.8. The number of anilines is 1. The summed E-state index contributed by atoms with van der Waals surface area (Å²) in [7, 11) is 0. The van der Waals surface area contributed by atoms with Gasteiger partial charge in [-0.3, -0.25) is 4.40 Å².